The van der Waals surface area contributed by atoms with Gasteiger partial charge in [-0.2, -0.15) is 13.2 Å². The third kappa shape index (κ3) is 7.80. The summed E-state index contributed by atoms with van der Waals surface area (Å²) < 4.78 is 37.1. The second-order valence-electron chi connectivity index (χ2n) is 11.8. The Bertz CT molecular complexity index is 380. The first-order chi connectivity index (χ1) is 11.5. The van der Waals surface area contributed by atoms with Crippen molar-refractivity contribution in [3.8, 4) is 0 Å². The number of hydrogen-bond acceptors (Lipinski definition) is 0. The van der Waals surface area contributed by atoms with E-state index in [0.29, 0.717) is 29.6 Å². The van der Waals surface area contributed by atoms with Gasteiger partial charge in [0.25, 0.3) is 0 Å². The molecule has 2 fully saturated rings. The minimum absolute atomic E-state index is 0.163. The molecule has 156 valence electrons. The Hall–Kier alpha value is -0.210. The van der Waals surface area contributed by atoms with Crippen LogP contribution >= 0.6 is 0 Å². The van der Waals surface area contributed by atoms with Crippen LogP contribution in [0.25, 0.3) is 0 Å². The lowest BCUT2D eigenvalue weighted by molar-refractivity contribution is -0.185. The highest BCUT2D eigenvalue weighted by Gasteiger charge is 2.43. The van der Waals surface area contributed by atoms with E-state index in [2.05, 4.69) is 55.4 Å². The molecule has 0 radical (unpaired) electrons. The third-order valence-electron chi connectivity index (χ3n) is 6.98. The van der Waals surface area contributed by atoms with Crippen LogP contribution < -0.4 is 0 Å². The van der Waals surface area contributed by atoms with E-state index in [0.717, 1.165) is 18.8 Å². The van der Waals surface area contributed by atoms with Crippen LogP contribution in [-0.2, 0) is 0 Å². The van der Waals surface area contributed by atoms with Gasteiger partial charge in [0.2, 0.25) is 0 Å². The smallest absolute Gasteiger partial charge is 0.171 e. The van der Waals surface area contributed by atoms with Crippen LogP contribution in [0.1, 0.15) is 107 Å². The highest BCUT2D eigenvalue weighted by molar-refractivity contribution is 4.84. The van der Waals surface area contributed by atoms with Crippen LogP contribution in [0.3, 0.4) is 0 Å². The average molecular weight is 377 g/mol. The third-order valence-corrected chi connectivity index (χ3v) is 6.98. The maximum atomic E-state index is 12.4. The molecule has 0 bridgehead atoms. The molecule has 26 heavy (non-hydrogen) atoms. The summed E-state index contributed by atoms with van der Waals surface area (Å²) in [6.45, 7) is 18.3. The molecule has 0 amide bonds. The minimum Gasteiger partial charge on any atom is -0.171 e. The van der Waals surface area contributed by atoms with E-state index in [1.54, 1.807) is 0 Å². The normalized spacial score (nSPS) is 28.3. The van der Waals surface area contributed by atoms with Gasteiger partial charge >= 0.3 is 6.18 Å². The van der Waals surface area contributed by atoms with E-state index < -0.39 is 12.1 Å². The predicted molar refractivity (Wildman–Crippen MR) is 106 cm³/mol. The fourth-order valence-corrected chi connectivity index (χ4v) is 4.55. The Morgan fingerprint density at radius 1 is 0.577 bits per heavy atom. The van der Waals surface area contributed by atoms with Crippen molar-refractivity contribution in [2.75, 3.05) is 0 Å². The van der Waals surface area contributed by atoms with E-state index in [-0.39, 0.29) is 5.41 Å². The fourth-order valence-electron chi connectivity index (χ4n) is 4.55. The largest absolute Gasteiger partial charge is 0.391 e. The van der Waals surface area contributed by atoms with Crippen molar-refractivity contribution in [3.05, 3.63) is 0 Å². The fraction of sp³-hybridized carbons (Fsp3) is 1.00. The molecule has 0 aromatic heterocycles. The second-order valence-corrected chi connectivity index (χ2v) is 11.8. The topological polar surface area (TPSA) is 0 Å². The van der Waals surface area contributed by atoms with Crippen molar-refractivity contribution < 1.29 is 13.2 Å². The molecular weight excluding hydrogens is 333 g/mol. The van der Waals surface area contributed by atoms with Gasteiger partial charge in [0.1, 0.15) is 0 Å². The Balaban J connectivity index is 0.000000263. The van der Waals surface area contributed by atoms with Gasteiger partial charge in [-0.3, -0.25) is 0 Å². The van der Waals surface area contributed by atoms with E-state index >= 15 is 0 Å². The molecule has 0 saturated heterocycles. The highest BCUT2D eigenvalue weighted by Crippen LogP contribution is 2.45. The van der Waals surface area contributed by atoms with E-state index in [1.165, 1.54) is 25.7 Å². The summed E-state index contributed by atoms with van der Waals surface area (Å²) in [4.78, 5) is 0. The van der Waals surface area contributed by atoms with Crippen molar-refractivity contribution >= 4 is 0 Å². The quantitative estimate of drug-likeness (QED) is 0.397. The molecule has 0 heterocycles. The van der Waals surface area contributed by atoms with Gasteiger partial charge in [-0.05, 0) is 79.4 Å². The lowest BCUT2D eigenvalue weighted by atomic mass is 9.65. The zero-order valence-corrected chi connectivity index (χ0v) is 18.5. The first kappa shape index (κ1) is 23.8. The summed E-state index contributed by atoms with van der Waals surface area (Å²) in [5.74, 6) is 0.382. The van der Waals surface area contributed by atoms with Gasteiger partial charge in [0, 0.05) is 0 Å². The zero-order chi connectivity index (χ0) is 20.4. The molecule has 2 aliphatic carbocycles. The van der Waals surface area contributed by atoms with Gasteiger partial charge in [-0.15, -0.1) is 0 Å². The van der Waals surface area contributed by atoms with Gasteiger partial charge in [0.15, 0.2) is 0 Å². The molecule has 0 aromatic carbocycles. The summed E-state index contributed by atoms with van der Waals surface area (Å²) in [7, 11) is 0. The molecule has 0 aromatic rings. The molecule has 0 atom stereocenters. The summed E-state index contributed by atoms with van der Waals surface area (Å²) in [5, 5.41) is 0. The van der Waals surface area contributed by atoms with Crippen molar-refractivity contribution in [1.82, 2.24) is 0 Å². The molecular formula is C23H43F3. The first-order valence-corrected chi connectivity index (χ1v) is 10.6. The lowest BCUT2D eigenvalue weighted by Crippen LogP contribution is -2.32. The molecule has 0 N–H and O–H groups in total. The van der Waals surface area contributed by atoms with Crippen LogP contribution in [0.2, 0.25) is 0 Å². The Kier molecular flexibility index (Phi) is 7.73. The highest BCUT2D eigenvalue weighted by atomic mass is 19.4. The van der Waals surface area contributed by atoms with Gasteiger partial charge < -0.3 is 0 Å². The Morgan fingerprint density at radius 2 is 0.885 bits per heavy atom. The van der Waals surface area contributed by atoms with Crippen LogP contribution in [-0.4, -0.2) is 6.18 Å². The number of alkyl halides is 3. The van der Waals surface area contributed by atoms with Crippen LogP contribution in [0.4, 0.5) is 13.2 Å². The first-order valence-electron chi connectivity index (χ1n) is 10.6. The zero-order valence-electron chi connectivity index (χ0n) is 18.5. The molecule has 0 aliphatic heterocycles. The summed E-state index contributed by atoms with van der Waals surface area (Å²) >= 11 is 0. The van der Waals surface area contributed by atoms with Gasteiger partial charge in [0.05, 0.1) is 5.92 Å². The van der Waals surface area contributed by atoms with E-state index in [4.69, 9.17) is 0 Å². The minimum atomic E-state index is -3.97. The van der Waals surface area contributed by atoms with Gasteiger partial charge in [-0.1, -0.05) is 55.4 Å². The summed E-state index contributed by atoms with van der Waals surface area (Å²) in [6.07, 6.45) is 3.87. The molecule has 3 heteroatoms. The van der Waals surface area contributed by atoms with E-state index in [1.807, 2.05) is 0 Å². The monoisotopic (exact) mass is 376 g/mol. The van der Waals surface area contributed by atoms with Crippen molar-refractivity contribution in [3.63, 3.8) is 0 Å². The number of rotatable bonds is 0. The van der Waals surface area contributed by atoms with Crippen molar-refractivity contribution in [2.45, 2.75) is 113 Å². The van der Waals surface area contributed by atoms with Crippen molar-refractivity contribution in [2.24, 2.45) is 34.0 Å². The maximum absolute atomic E-state index is 12.4. The van der Waals surface area contributed by atoms with Gasteiger partial charge in [-0.25, -0.2) is 0 Å². The lowest BCUT2D eigenvalue weighted by Gasteiger charge is -2.40. The molecule has 0 nitrogen and oxygen atoms in total. The summed E-state index contributed by atoms with van der Waals surface area (Å²) in [5.41, 5.74) is 1.33. The second kappa shape index (κ2) is 8.43. The molecule has 0 spiro atoms. The average Bonchev–Trinajstić information content (AvgIpc) is 2.45. The van der Waals surface area contributed by atoms with Crippen molar-refractivity contribution in [1.29, 1.82) is 0 Å². The molecule has 2 aliphatic rings. The Morgan fingerprint density at radius 3 is 1.19 bits per heavy atom. The van der Waals surface area contributed by atoms with E-state index in [9.17, 15) is 13.2 Å². The van der Waals surface area contributed by atoms with Crippen LogP contribution in [0, 0.1) is 34.0 Å². The standard InChI is InChI=1S/C12H24.C11H19F3/c1-11(2,3)10-6-8-12(4,5)9-7-10;1-10(2,3)8-4-6-9(7-5-8)11(12,13)14/h10H,6-9H2,1-5H3;8-9H,4-7H2,1-3H3. The van der Waals surface area contributed by atoms with Crippen LogP contribution in [0.5, 0.6) is 0 Å². The predicted octanol–water partition coefficient (Wildman–Crippen LogP) is 8.65. The maximum Gasteiger partial charge on any atom is 0.391 e. The number of hydrogen-bond donors (Lipinski definition) is 0. The Labute approximate surface area is 160 Å². The summed E-state index contributed by atoms with van der Waals surface area (Å²) in [6, 6.07) is 0. The molecule has 0 unspecified atom stereocenters. The van der Waals surface area contributed by atoms with Crippen LogP contribution in [0.15, 0.2) is 0 Å². The molecule has 2 rings (SSSR count). The number of halogens is 3. The molecule has 2 saturated carbocycles. The SMILES string of the molecule is CC(C)(C)C1CCC(C(F)(F)F)CC1.CC1(C)CCC(C(C)(C)C)CC1.